The van der Waals surface area contributed by atoms with Gasteiger partial charge in [-0.2, -0.15) is 0 Å². The van der Waals surface area contributed by atoms with Gasteiger partial charge in [-0.15, -0.1) is 0 Å². The third-order valence-electron chi connectivity index (χ3n) is 4.16. The lowest BCUT2D eigenvalue weighted by Gasteiger charge is -2.26. The number of rotatable bonds is 10. The Kier molecular flexibility index (Phi) is 9.98. The highest BCUT2D eigenvalue weighted by Crippen LogP contribution is 2.10. The quantitative estimate of drug-likeness (QED) is 0.481. The van der Waals surface area contributed by atoms with E-state index in [1.807, 2.05) is 30.3 Å². The number of amides is 3. The highest BCUT2D eigenvalue weighted by molar-refractivity contribution is 5.91. The third-order valence-corrected chi connectivity index (χ3v) is 4.16. The molecule has 31 heavy (non-hydrogen) atoms. The summed E-state index contributed by atoms with van der Waals surface area (Å²) in [5.41, 5.74) is 5.49. The van der Waals surface area contributed by atoms with Gasteiger partial charge in [-0.25, -0.2) is 4.79 Å². The number of benzene rings is 1. The Labute approximate surface area is 183 Å². The Hall–Kier alpha value is -3.10. The van der Waals surface area contributed by atoms with Crippen LogP contribution in [0.2, 0.25) is 0 Å². The molecule has 0 unspecified atom stereocenters. The van der Waals surface area contributed by atoms with E-state index in [-0.39, 0.29) is 25.4 Å². The van der Waals surface area contributed by atoms with Gasteiger partial charge in [-0.1, -0.05) is 44.2 Å². The summed E-state index contributed by atoms with van der Waals surface area (Å²) < 4.78 is 10.4. The molecule has 0 aliphatic heterocycles. The van der Waals surface area contributed by atoms with E-state index in [0.29, 0.717) is 0 Å². The molecular weight excluding hydrogens is 402 g/mol. The molecule has 0 radical (unpaired) electrons. The van der Waals surface area contributed by atoms with Crippen molar-refractivity contribution in [2.45, 2.75) is 71.8 Å². The van der Waals surface area contributed by atoms with Gasteiger partial charge in [-0.05, 0) is 38.7 Å². The molecule has 1 aromatic rings. The Morgan fingerprint density at radius 3 is 2.16 bits per heavy atom. The third kappa shape index (κ3) is 10.5. The Balaban J connectivity index is 2.62. The van der Waals surface area contributed by atoms with Crippen LogP contribution in [-0.4, -0.2) is 41.6 Å². The van der Waals surface area contributed by atoms with Gasteiger partial charge in [0.15, 0.2) is 0 Å². The smallest absolute Gasteiger partial charge is 0.408 e. The van der Waals surface area contributed by atoms with Gasteiger partial charge in [0, 0.05) is 6.42 Å². The molecule has 0 aromatic heterocycles. The monoisotopic (exact) mass is 435 g/mol. The zero-order valence-electron chi connectivity index (χ0n) is 18.8. The summed E-state index contributed by atoms with van der Waals surface area (Å²) >= 11 is 0. The summed E-state index contributed by atoms with van der Waals surface area (Å²) in [6, 6.07) is 7.14. The fraction of sp³-hybridized carbons (Fsp3) is 0.545. The highest BCUT2D eigenvalue weighted by atomic mass is 16.6. The highest BCUT2D eigenvalue weighted by Gasteiger charge is 2.30. The van der Waals surface area contributed by atoms with Gasteiger partial charge in [-0.3, -0.25) is 14.4 Å². The van der Waals surface area contributed by atoms with E-state index < -0.39 is 41.6 Å². The molecule has 2 atom stereocenters. The van der Waals surface area contributed by atoms with E-state index in [0.717, 1.165) is 5.56 Å². The summed E-state index contributed by atoms with van der Waals surface area (Å²) in [7, 11) is 0. The standard InChI is InChI=1S/C22H33N3O6/c1-14(2)18(25-21(29)31-22(3,4)5)20(28)24-16(19(23)27)11-12-17(26)30-13-15-9-7-6-8-10-15/h6-10,14,16,18H,11-13H2,1-5H3,(H2,23,27)(H,24,28)(H,25,29)/t16-,18+/m0/s1. The molecule has 1 rings (SSSR count). The second kappa shape index (κ2) is 11.9. The first kappa shape index (κ1) is 25.9. The lowest BCUT2D eigenvalue weighted by Crippen LogP contribution is -2.55. The molecule has 9 nitrogen and oxygen atoms in total. The number of hydrogen-bond acceptors (Lipinski definition) is 6. The van der Waals surface area contributed by atoms with Crippen molar-refractivity contribution in [3.05, 3.63) is 35.9 Å². The molecule has 0 spiro atoms. The molecule has 0 saturated carbocycles. The fourth-order valence-corrected chi connectivity index (χ4v) is 2.59. The van der Waals surface area contributed by atoms with Crippen LogP contribution in [0.4, 0.5) is 4.79 Å². The largest absolute Gasteiger partial charge is 0.461 e. The van der Waals surface area contributed by atoms with Crippen LogP contribution in [0.25, 0.3) is 0 Å². The number of nitrogens with one attached hydrogen (secondary N) is 2. The van der Waals surface area contributed by atoms with Crippen molar-refractivity contribution in [1.29, 1.82) is 0 Å². The van der Waals surface area contributed by atoms with Crippen LogP contribution in [0.5, 0.6) is 0 Å². The normalized spacial score (nSPS) is 13.1. The van der Waals surface area contributed by atoms with E-state index >= 15 is 0 Å². The molecule has 9 heteroatoms. The Morgan fingerprint density at radius 1 is 1.03 bits per heavy atom. The van der Waals surface area contributed by atoms with Crippen LogP contribution in [0.15, 0.2) is 30.3 Å². The minimum Gasteiger partial charge on any atom is -0.461 e. The summed E-state index contributed by atoms with van der Waals surface area (Å²) in [5.74, 6) is -2.18. The van der Waals surface area contributed by atoms with Crippen molar-refractivity contribution in [2.75, 3.05) is 0 Å². The average Bonchev–Trinajstić information content (AvgIpc) is 2.66. The predicted octanol–water partition coefficient (Wildman–Crippen LogP) is 2.03. The van der Waals surface area contributed by atoms with Crippen LogP contribution in [0.1, 0.15) is 53.0 Å². The zero-order valence-corrected chi connectivity index (χ0v) is 18.8. The zero-order chi connectivity index (χ0) is 23.6. The SMILES string of the molecule is CC(C)[C@@H](NC(=O)OC(C)(C)C)C(=O)N[C@@H](CCC(=O)OCc1ccccc1)C(N)=O. The van der Waals surface area contributed by atoms with Gasteiger partial charge < -0.3 is 25.8 Å². The molecule has 0 aliphatic rings. The van der Waals surface area contributed by atoms with Crippen LogP contribution >= 0.6 is 0 Å². The first-order valence-corrected chi connectivity index (χ1v) is 10.2. The topological polar surface area (TPSA) is 137 Å². The van der Waals surface area contributed by atoms with Crippen molar-refractivity contribution >= 4 is 23.9 Å². The van der Waals surface area contributed by atoms with Gasteiger partial charge in [0.05, 0.1) is 0 Å². The molecule has 172 valence electrons. The van der Waals surface area contributed by atoms with Crippen molar-refractivity contribution in [1.82, 2.24) is 10.6 Å². The van der Waals surface area contributed by atoms with E-state index in [1.54, 1.807) is 34.6 Å². The fourth-order valence-electron chi connectivity index (χ4n) is 2.59. The van der Waals surface area contributed by atoms with Gasteiger partial charge in [0.2, 0.25) is 11.8 Å². The summed E-state index contributed by atoms with van der Waals surface area (Å²) in [4.78, 5) is 48.4. The van der Waals surface area contributed by atoms with Crippen molar-refractivity contribution in [2.24, 2.45) is 11.7 Å². The molecular formula is C22H33N3O6. The Morgan fingerprint density at radius 2 is 1.65 bits per heavy atom. The van der Waals surface area contributed by atoms with E-state index in [2.05, 4.69) is 10.6 Å². The lowest BCUT2D eigenvalue weighted by molar-refractivity contribution is -0.145. The van der Waals surface area contributed by atoms with Crippen molar-refractivity contribution in [3.8, 4) is 0 Å². The van der Waals surface area contributed by atoms with Crippen molar-refractivity contribution < 1.29 is 28.7 Å². The summed E-state index contributed by atoms with van der Waals surface area (Å²) in [5, 5.41) is 5.01. The van der Waals surface area contributed by atoms with Crippen LogP contribution < -0.4 is 16.4 Å². The van der Waals surface area contributed by atoms with Crippen LogP contribution in [0.3, 0.4) is 0 Å². The number of hydrogen-bond donors (Lipinski definition) is 3. The first-order valence-electron chi connectivity index (χ1n) is 10.2. The number of nitrogens with two attached hydrogens (primary N) is 1. The second-order valence-electron chi connectivity index (χ2n) is 8.52. The summed E-state index contributed by atoms with van der Waals surface area (Å²) in [6.45, 7) is 8.71. The van der Waals surface area contributed by atoms with Crippen LogP contribution in [0, 0.1) is 5.92 Å². The minimum atomic E-state index is -1.08. The number of esters is 1. The molecule has 4 N–H and O–H groups in total. The van der Waals surface area contributed by atoms with Gasteiger partial charge in [0.1, 0.15) is 24.3 Å². The van der Waals surface area contributed by atoms with Crippen LogP contribution in [-0.2, 0) is 30.5 Å². The maximum atomic E-state index is 12.7. The van der Waals surface area contributed by atoms with E-state index in [1.165, 1.54) is 0 Å². The predicted molar refractivity (Wildman–Crippen MR) is 115 cm³/mol. The van der Waals surface area contributed by atoms with Gasteiger partial charge in [0.25, 0.3) is 0 Å². The number of alkyl carbamates (subject to hydrolysis) is 1. The number of carbonyl (C=O) groups excluding carboxylic acids is 4. The average molecular weight is 436 g/mol. The second-order valence-corrected chi connectivity index (χ2v) is 8.52. The van der Waals surface area contributed by atoms with Gasteiger partial charge >= 0.3 is 12.1 Å². The molecule has 0 aliphatic carbocycles. The summed E-state index contributed by atoms with van der Waals surface area (Å²) in [6.07, 6.45) is -0.875. The molecule has 0 heterocycles. The Bertz CT molecular complexity index is 758. The maximum Gasteiger partial charge on any atom is 0.408 e. The lowest BCUT2D eigenvalue weighted by atomic mass is 10.0. The molecule has 3 amide bonds. The molecule has 1 aromatic carbocycles. The van der Waals surface area contributed by atoms with E-state index in [4.69, 9.17) is 15.2 Å². The maximum absolute atomic E-state index is 12.7. The first-order chi connectivity index (χ1) is 14.4. The molecule has 0 fully saturated rings. The molecule has 0 bridgehead atoms. The van der Waals surface area contributed by atoms with Crippen molar-refractivity contribution in [3.63, 3.8) is 0 Å². The number of carbonyl (C=O) groups is 4. The minimum absolute atomic E-state index is 0.0219. The number of ether oxygens (including phenoxy) is 2. The van der Waals surface area contributed by atoms with E-state index in [9.17, 15) is 19.2 Å². The number of primary amides is 1. The molecule has 0 saturated heterocycles.